The topological polar surface area (TPSA) is 109 Å². The number of nitrogens with one attached hydrogen (secondary N) is 2. The standard InChI is InChI=1S/C25H24ClN7O2/c26-19-8-6-18(7-9-19)24(34)30-20(14-17-4-2-1-3-5-17)25-31-23(32-35-25)21-15-29-22(16-28-21)33-12-10-27-11-13-33/h1-9,15-16,20,27H,10-14H2,(H,30,34). The molecule has 10 heteroatoms. The zero-order chi connectivity index (χ0) is 24.0. The Morgan fingerprint density at radius 1 is 1.06 bits per heavy atom. The van der Waals surface area contributed by atoms with Gasteiger partial charge in [-0.25, -0.2) is 9.97 Å². The van der Waals surface area contributed by atoms with Crippen molar-refractivity contribution in [1.29, 1.82) is 0 Å². The molecule has 0 saturated carbocycles. The highest BCUT2D eigenvalue weighted by atomic mass is 35.5. The van der Waals surface area contributed by atoms with Gasteiger partial charge in [-0.1, -0.05) is 47.1 Å². The summed E-state index contributed by atoms with van der Waals surface area (Å²) in [5, 5.41) is 11.0. The lowest BCUT2D eigenvalue weighted by atomic mass is 10.1. The molecule has 0 radical (unpaired) electrons. The molecule has 2 aromatic heterocycles. The number of anilines is 1. The van der Waals surface area contributed by atoms with Gasteiger partial charge in [-0.15, -0.1) is 0 Å². The first-order valence-electron chi connectivity index (χ1n) is 11.4. The Kier molecular flexibility index (Phi) is 6.97. The largest absolute Gasteiger partial charge is 0.353 e. The Hall–Kier alpha value is -3.82. The quantitative estimate of drug-likeness (QED) is 0.407. The zero-order valence-electron chi connectivity index (χ0n) is 18.9. The minimum Gasteiger partial charge on any atom is -0.353 e. The van der Waals surface area contributed by atoms with Crippen LogP contribution in [0.15, 0.2) is 71.5 Å². The predicted octanol–water partition coefficient (Wildman–Crippen LogP) is 3.30. The lowest BCUT2D eigenvalue weighted by molar-refractivity contribution is 0.0928. The highest BCUT2D eigenvalue weighted by molar-refractivity contribution is 6.30. The molecule has 0 bridgehead atoms. The van der Waals surface area contributed by atoms with E-state index in [4.69, 9.17) is 16.1 Å². The number of aromatic nitrogens is 4. The van der Waals surface area contributed by atoms with E-state index in [-0.39, 0.29) is 5.91 Å². The van der Waals surface area contributed by atoms with Gasteiger partial charge in [0.2, 0.25) is 11.7 Å². The van der Waals surface area contributed by atoms with Gasteiger partial charge in [0, 0.05) is 43.2 Å². The monoisotopic (exact) mass is 489 g/mol. The summed E-state index contributed by atoms with van der Waals surface area (Å²) in [7, 11) is 0. The molecule has 3 heterocycles. The lowest BCUT2D eigenvalue weighted by Gasteiger charge is -2.27. The molecule has 1 aliphatic rings. The first kappa shape index (κ1) is 22.9. The summed E-state index contributed by atoms with van der Waals surface area (Å²) >= 11 is 5.96. The van der Waals surface area contributed by atoms with Crippen molar-refractivity contribution in [3.63, 3.8) is 0 Å². The molecule has 4 aromatic rings. The minimum atomic E-state index is -0.532. The van der Waals surface area contributed by atoms with Gasteiger partial charge in [-0.3, -0.25) is 4.79 Å². The zero-order valence-corrected chi connectivity index (χ0v) is 19.7. The molecule has 178 valence electrons. The molecule has 2 N–H and O–H groups in total. The number of piperazine rings is 1. The van der Waals surface area contributed by atoms with Crippen LogP contribution < -0.4 is 15.5 Å². The van der Waals surface area contributed by atoms with Crippen molar-refractivity contribution < 1.29 is 9.32 Å². The van der Waals surface area contributed by atoms with E-state index in [2.05, 4.69) is 35.6 Å². The molecule has 1 unspecified atom stereocenters. The van der Waals surface area contributed by atoms with E-state index in [9.17, 15) is 4.79 Å². The highest BCUT2D eigenvalue weighted by Gasteiger charge is 2.24. The molecule has 2 aromatic carbocycles. The molecule has 1 amide bonds. The van der Waals surface area contributed by atoms with E-state index in [0.29, 0.717) is 34.4 Å². The first-order chi connectivity index (χ1) is 17.2. The highest BCUT2D eigenvalue weighted by Crippen LogP contribution is 2.22. The van der Waals surface area contributed by atoms with Crippen molar-refractivity contribution >= 4 is 23.3 Å². The SMILES string of the molecule is O=C(NC(Cc1ccccc1)c1nc(-c2cnc(N3CCNCC3)cn2)no1)c1ccc(Cl)cc1. The smallest absolute Gasteiger partial charge is 0.251 e. The van der Waals surface area contributed by atoms with Crippen LogP contribution in [0.3, 0.4) is 0 Å². The van der Waals surface area contributed by atoms with Crippen LogP contribution >= 0.6 is 11.6 Å². The van der Waals surface area contributed by atoms with Crippen LogP contribution in [0.25, 0.3) is 11.5 Å². The maximum absolute atomic E-state index is 12.9. The van der Waals surface area contributed by atoms with Crippen LogP contribution in [-0.2, 0) is 6.42 Å². The van der Waals surface area contributed by atoms with E-state index in [1.54, 1.807) is 36.7 Å². The maximum Gasteiger partial charge on any atom is 0.251 e. The summed E-state index contributed by atoms with van der Waals surface area (Å²) in [6.07, 6.45) is 3.85. The Balaban J connectivity index is 1.36. The van der Waals surface area contributed by atoms with Crippen LogP contribution in [-0.4, -0.2) is 52.2 Å². The van der Waals surface area contributed by atoms with Gasteiger partial charge >= 0.3 is 0 Å². The molecule has 5 rings (SSSR count). The van der Waals surface area contributed by atoms with Crippen LogP contribution in [0.1, 0.15) is 27.9 Å². The summed E-state index contributed by atoms with van der Waals surface area (Å²) in [5.74, 6) is 1.16. The van der Waals surface area contributed by atoms with E-state index in [1.165, 1.54) is 0 Å². The van der Waals surface area contributed by atoms with E-state index < -0.39 is 6.04 Å². The summed E-state index contributed by atoms with van der Waals surface area (Å²) in [5.41, 5.74) is 2.01. The van der Waals surface area contributed by atoms with Crippen LogP contribution in [0.5, 0.6) is 0 Å². The van der Waals surface area contributed by atoms with Gasteiger partial charge in [-0.05, 0) is 29.8 Å². The third-order valence-electron chi connectivity index (χ3n) is 5.74. The van der Waals surface area contributed by atoms with E-state index >= 15 is 0 Å². The second-order valence-electron chi connectivity index (χ2n) is 8.18. The minimum absolute atomic E-state index is 0.262. The molecule has 1 aliphatic heterocycles. The van der Waals surface area contributed by atoms with Gasteiger partial charge in [0.05, 0.1) is 12.4 Å². The number of carbonyl (C=O) groups is 1. The third-order valence-corrected chi connectivity index (χ3v) is 5.99. The third kappa shape index (κ3) is 5.64. The number of hydrogen-bond donors (Lipinski definition) is 2. The molecular weight excluding hydrogens is 466 g/mol. The summed E-state index contributed by atoms with van der Waals surface area (Å²) in [6.45, 7) is 3.61. The Morgan fingerprint density at radius 2 is 1.83 bits per heavy atom. The van der Waals surface area contributed by atoms with E-state index in [1.807, 2.05) is 30.3 Å². The van der Waals surface area contributed by atoms with Gasteiger partial charge in [0.1, 0.15) is 17.6 Å². The summed E-state index contributed by atoms with van der Waals surface area (Å²) in [4.78, 5) is 28.7. The Bertz CT molecular complexity index is 1260. The molecule has 35 heavy (non-hydrogen) atoms. The number of carbonyl (C=O) groups excluding carboxylic acids is 1. The average molecular weight is 490 g/mol. The van der Waals surface area contributed by atoms with Crippen LogP contribution in [0, 0.1) is 0 Å². The molecule has 0 aliphatic carbocycles. The summed E-state index contributed by atoms with van der Waals surface area (Å²) < 4.78 is 5.57. The van der Waals surface area contributed by atoms with Crippen molar-refractivity contribution in [2.24, 2.45) is 0 Å². The molecule has 0 spiro atoms. The van der Waals surface area contributed by atoms with Crippen molar-refractivity contribution in [3.8, 4) is 11.5 Å². The lowest BCUT2D eigenvalue weighted by Crippen LogP contribution is -2.43. The molecule has 1 fully saturated rings. The fourth-order valence-electron chi connectivity index (χ4n) is 3.87. The van der Waals surface area contributed by atoms with Crippen LogP contribution in [0.2, 0.25) is 5.02 Å². The van der Waals surface area contributed by atoms with Crippen molar-refractivity contribution in [2.75, 3.05) is 31.1 Å². The predicted molar refractivity (Wildman–Crippen MR) is 132 cm³/mol. The number of halogens is 1. The number of hydrogen-bond acceptors (Lipinski definition) is 8. The molecule has 1 saturated heterocycles. The van der Waals surface area contributed by atoms with Gasteiger partial charge < -0.3 is 20.1 Å². The second-order valence-corrected chi connectivity index (χ2v) is 8.61. The van der Waals surface area contributed by atoms with Crippen LogP contribution in [0.4, 0.5) is 5.82 Å². The fraction of sp³-hybridized carbons (Fsp3) is 0.240. The van der Waals surface area contributed by atoms with Crippen molar-refractivity contribution in [3.05, 3.63) is 89.0 Å². The normalized spacial score (nSPS) is 14.5. The van der Waals surface area contributed by atoms with E-state index in [0.717, 1.165) is 37.6 Å². The number of benzene rings is 2. The fourth-order valence-corrected chi connectivity index (χ4v) is 3.99. The maximum atomic E-state index is 12.9. The molecular formula is C25H24ClN7O2. The van der Waals surface area contributed by atoms with Gasteiger partial charge in [-0.2, -0.15) is 4.98 Å². The number of nitrogens with zero attached hydrogens (tertiary/aromatic N) is 5. The average Bonchev–Trinajstić information content (AvgIpc) is 3.40. The Labute approximate surface area is 207 Å². The Morgan fingerprint density at radius 3 is 2.54 bits per heavy atom. The molecule has 1 atom stereocenters. The van der Waals surface area contributed by atoms with Gasteiger partial charge in [0.25, 0.3) is 5.91 Å². The van der Waals surface area contributed by atoms with Gasteiger partial charge in [0.15, 0.2) is 0 Å². The summed E-state index contributed by atoms with van der Waals surface area (Å²) in [6, 6.07) is 16.0. The van der Waals surface area contributed by atoms with Crippen molar-refractivity contribution in [2.45, 2.75) is 12.5 Å². The molecule has 9 nitrogen and oxygen atoms in total. The first-order valence-corrected chi connectivity index (χ1v) is 11.8. The van der Waals surface area contributed by atoms with Crippen molar-refractivity contribution in [1.82, 2.24) is 30.7 Å². The second kappa shape index (κ2) is 10.6. The number of rotatable bonds is 7. The number of amides is 1.